The maximum Gasteiger partial charge on any atom is 0.262 e. The Bertz CT molecular complexity index is 829. The minimum absolute atomic E-state index is 0.00904. The van der Waals surface area contributed by atoms with Gasteiger partial charge in [-0.05, 0) is 32.8 Å². The Balaban J connectivity index is 2.42. The van der Waals surface area contributed by atoms with Gasteiger partial charge in [-0.1, -0.05) is 50.4 Å². The van der Waals surface area contributed by atoms with E-state index < -0.39 is 23.7 Å². The van der Waals surface area contributed by atoms with E-state index in [-0.39, 0.29) is 22.7 Å². The SMILES string of the molecule is CCC1C(=O)/C(=C/C=C/C2=C([O-])C(CC)C(=S)N(CC)C2=O)C(=O)N(CC)C1=S. The van der Waals surface area contributed by atoms with Crippen molar-refractivity contribution >= 4 is 52.0 Å². The quantitative estimate of drug-likeness (QED) is 0.362. The lowest BCUT2D eigenvalue weighted by Crippen LogP contribution is -2.49. The molecule has 0 bridgehead atoms. The molecule has 0 aliphatic carbocycles. The second kappa shape index (κ2) is 9.54. The van der Waals surface area contributed by atoms with E-state index in [4.69, 9.17) is 24.4 Å². The van der Waals surface area contributed by atoms with E-state index in [0.29, 0.717) is 35.9 Å². The second-order valence-corrected chi connectivity index (χ2v) is 7.62. The molecule has 2 rings (SSSR count). The van der Waals surface area contributed by atoms with Gasteiger partial charge in [0.05, 0.1) is 21.5 Å². The number of carbonyl (C=O) groups excluding carboxylic acids is 3. The Labute approximate surface area is 181 Å². The van der Waals surface area contributed by atoms with Crippen LogP contribution in [0, 0.1) is 11.8 Å². The van der Waals surface area contributed by atoms with E-state index in [1.165, 1.54) is 28.0 Å². The van der Waals surface area contributed by atoms with Crippen molar-refractivity contribution < 1.29 is 19.5 Å². The van der Waals surface area contributed by atoms with Crippen molar-refractivity contribution in [3.63, 3.8) is 0 Å². The molecule has 0 aromatic heterocycles. The summed E-state index contributed by atoms with van der Waals surface area (Å²) >= 11 is 10.6. The van der Waals surface area contributed by atoms with Crippen molar-refractivity contribution in [2.24, 2.45) is 11.8 Å². The Morgan fingerprint density at radius 1 is 0.897 bits per heavy atom. The van der Waals surface area contributed by atoms with Crippen LogP contribution in [0.25, 0.3) is 0 Å². The highest BCUT2D eigenvalue weighted by atomic mass is 32.1. The van der Waals surface area contributed by atoms with Gasteiger partial charge in [-0.3, -0.25) is 14.4 Å². The lowest BCUT2D eigenvalue weighted by atomic mass is 9.89. The molecule has 2 heterocycles. The van der Waals surface area contributed by atoms with Crippen LogP contribution in [0.4, 0.5) is 0 Å². The molecular formula is C21H25N2O4S2-. The number of carbonyl (C=O) groups is 3. The molecule has 1 saturated heterocycles. The minimum Gasteiger partial charge on any atom is -0.874 e. The molecule has 0 aromatic carbocycles. The van der Waals surface area contributed by atoms with E-state index in [2.05, 4.69) is 0 Å². The van der Waals surface area contributed by atoms with Crippen LogP contribution in [-0.2, 0) is 14.4 Å². The summed E-state index contributed by atoms with van der Waals surface area (Å²) < 4.78 is 0. The highest BCUT2D eigenvalue weighted by molar-refractivity contribution is 7.80. The number of rotatable bonds is 6. The van der Waals surface area contributed by atoms with Crippen LogP contribution >= 0.6 is 24.4 Å². The predicted octanol–water partition coefficient (Wildman–Crippen LogP) is 2.08. The van der Waals surface area contributed by atoms with E-state index >= 15 is 0 Å². The lowest BCUT2D eigenvalue weighted by molar-refractivity contribution is -0.313. The number of hydrogen-bond acceptors (Lipinski definition) is 6. The average molecular weight is 434 g/mol. The maximum atomic E-state index is 12.7. The predicted molar refractivity (Wildman–Crippen MR) is 117 cm³/mol. The number of piperidine rings is 1. The molecule has 0 saturated carbocycles. The molecule has 0 N–H and O–H groups in total. The summed E-state index contributed by atoms with van der Waals surface area (Å²) in [7, 11) is 0. The minimum atomic E-state index is -0.523. The summed E-state index contributed by atoms with van der Waals surface area (Å²) in [5.74, 6) is -2.61. The Kier molecular flexibility index (Phi) is 7.60. The standard InChI is InChI=1S/C21H26N2O4S2/c1-5-12-16(24)14(18(26)22(7-3)20(12)28)10-9-11-15-17(25)13(6-2)21(29)23(8-4)19(15)27/h9-13,24H,5-8H2,1-4H3/p-1/b10-9+,15-11-. The van der Waals surface area contributed by atoms with Gasteiger partial charge in [0.15, 0.2) is 5.78 Å². The number of amides is 2. The summed E-state index contributed by atoms with van der Waals surface area (Å²) in [5, 5.41) is 12.7. The van der Waals surface area contributed by atoms with Gasteiger partial charge in [0, 0.05) is 24.6 Å². The van der Waals surface area contributed by atoms with Gasteiger partial charge >= 0.3 is 0 Å². The van der Waals surface area contributed by atoms with Crippen LogP contribution in [0.15, 0.2) is 35.1 Å². The first-order valence-electron chi connectivity index (χ1n) is 9.80. The first kappa shape index (κ1) is 23.1. The first-order chi connectivity index (χ1) is 13.7. The van der Waals surface area contributed by atoms with Crippen LogP contribution in [-0.4, -0.2) is 50.5 Å². The number of hydrogen-bond donors (Lipinski definition) is 0. The molecular weight excluding hydrogens is 408 g/mol. The van der Waals surface area contributed by atoms with Gasteiger partial charge < -0.3 is 14.9 Å². The highest BCUT2D eigenvalue weighted by Gasteiger charge is 2.39. The average Bonchev–Trinajstić information content (AvgIpc) is 2.68. The van der Waals surface area contributed by atoms with Crippen molar-refractivity contribution in [2.75, 3.05) is 13.1 Å². The number of allylic oxidation sites excluding steroid dienone is 2. The van der Waals surface area contributed by atoms with E-state index in [1.54, 1.807) is 13.8 Å². The number of likely N-dealkylation sites (N-methyl/N-ethyl adjacent to an activating group) is 2. The van der Waals surface area contributed by atoms with Gasteiger partial charge in [-0.25, -0.2) is 0 Å². The molecule has 0 radical (unpaired) electrons. The molecule has 6 nitrogen and oxygen atoms in total. The molecule has 2 unspecified atom stereocenters. The lowest BCUT2D eigenvalue weighted by Gasteiger charge is -2.38. The Morgan fingerprint density at radius 3 is 1.93 bits per heavy atom. The number of nitrogens with zero attached hydrogens (tertiary/aromatic N) is 2. The fourth-order valence-electron chi connectivity index (χ4n) is 3.54. The van der Waals surface area contributed by atoms with Crippen LogP contribution in [0.3, 0.4) is 0 Å². The zero-order valence-electron chi connectivity index (χ0n) is 17.1. The maximum absolute atomic E-state index is 12.7. The normalized spacial score (nSPS) is 25.2. The summed E-state index contributed by atoms with van der Waals surface area (Å²) in [6.07, 6.45) is 5.15. The summed E-state index contributed by atoms with van der Waals surface area (Å²) in [4.78, 5) is 41.5. The largest absolute Gasteiger partial charge is 0.874 e. The van der Waals surface area contributed by atoms with Gasteiger partial charge in [0.25, 0.3) is 11.8 Å². The second-order valence-electron chi connectivity index (χ2n) is 6.78. The third-order valence-corrected chi connectivity index (χ3v) is 6.23. The summed E-state index contributed by atoms with van der Waals surface area (Å²) in [6.45, 7) is 8.02. The zero-order valence-corrected chi connectivity index (χ0v) is 18.7. The summed E-state index contributed by atoms with van der Waals surface area (Å²) in [5.41, 5.74) is 0.0181. The monoisotopic (exact) mass is 433 g/mol. The zero-order chi connectivity index (χ0) is 21.9. The Morgan fingerprint density at radius 2 is 1.41 bits per heavy atom. The van der Waals surface area contributed by atoms with Gasteiger partial charge in [-0.15, -0.1) is 5.76 Å². The molecule has 1 fully saturated rings. The number of thiocarbonyl (C=S) groups is 2. The molecule has 8 heteroatoms. The van der Waals surface area contributed by atoms with E-state index in [1.807, 2.05) is 13.8 Å². The van der Waals surface area contributed by atoms with Crippen molar-refractivity contribution in [1.82, 2.24) is 9.80 Å². The molecule has 2 aliphatic rings. The molecule has 29 heavy (non-hydrogen) atoms. The van der Waals surface area contributed by atoms with Crippen LogP contribution < -0.4 is 5.11 Å². The van der Waals surface area contributed by atoms with Crippen molar-refractivity contribution in [1.29, 1.82) is 0 Å². The third-order valence-electron chi connectivity index (χ3n) is 5.22. The number of ketones is 1. The van der Waals surface area contributed by atoms with E-state index in [9.17, 15) is 19.5 Å². The number of Topliss-reactive ketones (excluding diaryl/α,β-unsaturated/α-hetero) is 1. The first-order valence-corrected chi connectivity index (χ1v) is 10.6. The fourth-order valence-corrected chi connectivity index (χ4v) is 4.52. The molecule has 0 spiro atoms. The van der Waals surface area contributed by atoms with Gasteiger partial charge in [0.1, 0.15) is 0 Å². The highest BCUT2D eigenvalue weighted by Crippen LogP contribution is 2.27. The summed E-state index contributed by atoms with van der Waals surface area (Å²) in [6, 6.07) is 0. The fraction of sp³-hybridized carbons (Fsp3) is 0.476. The topological polar surface area (TPSA) is 80.7 Å². The smallest absolute Gasteiger partial charge is 0.262 e. The van der Waals surface area contributed by atoms with Crippen molar-refractivity contribution in [3.8, 4) is 0 Å². The van der Waals surface area contributed by atoms with Gasteiger partial charge in [-0.2, -0.15) is 0 Å². The van der Waals surface area contributed by atoms with Gasteiger partial charge in [0.2, 0.25) is 0 Å². The van der Waals surface area contributed by atoms with Crippen molar-refractivity contribution in [3.05, 3.63) is 35.1 Å². The van der Waals surface area contributed by atoms with Crippen molar-refractivity contribution in [2.45, 2.75) is 40.5 Å². The van der Waals surface area contributed by atoms with Crippen LogP contribution in [0.1, 0.15) is 40.5 Å². The third kappa shape index (κ3) is 4.09. The van der Waals surface area contributed by atoms with Crippen LogP contribution in [0.2, 0.25) is 0 Å². The molecule has 156 valence electrons. The number of likely N-dealkylation sites (tertiary alicyclic amines) is 1. The Hall–Kier alpha value is -2.19. The molecule has 2 aliphatic heterocycles. The van der Waals surface area contributed by atoms with Crippen LogP contribution in [0.5, 0.6) is 0 Å². The van der Waals surface area contributed by atoms with E-state index in [0.717, 1.165) is 0 Å². The molecule has 2 atom stereocenters. The molecule has 2 amide bonds. The molecule has 0 aromatic rings.